The van der Waals surface area contributed by atoms with Crippen molar-refractivity contribution in [2.45, 2.75) is 52.3 Å². The predicted octanol–water partition coefficient (Wildman–Crippen LogP) is 5.22. The van der Waals surface area contributed by atoms with E-state index in [0.29, 0.717) is 44.4 Å². The summed E-state index contributed by atoms with van der Waals surface area (Å²) in [4.78, 5) is 80.3. The van der Waals surface area contributed by atoms with Gasteiger partial charge in [-0.05, 0) is 79.4 Å². The fourth-order valence-corrected chi connectivity index (χ4v) is 6.08. The lowest BCUT2D eigenvalue weighted by Gasteiger charge is -2.24. The summed E-state index contributed by atoms with van der Waals surface area (Å²) in [6.45, 7) is 4.99. The molecule has 2 heterocycles. The lowest BCUT2D eigenvalue weighted by Crippen LogP contribution is -2.53. The minimum atomic E-state index is -0.956. The molecule has 3 aromatic carbocycles. The van der Waals surface area contributed by atoms with Gasteiger partial charge >= 0.3 is 6.09 Å². The standard InChI is InChI=1S/C41H41ClN6O9S/c1-23(2)37(46-33(49)6-5-19-48-35(50)17-18-36(48)51)39(53)43-24(3)38(52)45-28-11-7-25(8-12-28)22-56-41(54)47-40(58)30-21-29(13-15-32(30)55-4)44-34-16-9-26-20-27(42)10-14-31(26)57-34/h7-18,20-21,23-24,37H,5-6,19,22H2,1-4H3,(H,43,53)(H,45,52)(H,46,49)(H,47,54,58)/b44-34-/t24-,37-/m1/s1. The number of hydrogen-bond acceptors (Lipinski definition) is 11. The molecule has 0 saturated heterocycles. The van der Waals surface area contributed by atoms with Crippen molar-refractivity contribution in [2.75, 3.05) is 19.0 Å². The van der Waals surface area contributed by atoms with Crippen molar-refractivity contribution in [3.8, 4) is 5.75 Å². The number of carbonyl (C=O) groups is 6. The van der Waals surface area contributed by atoms with Crippen LogP contribution in [0.3, 0.4) is 0 Å². The van der Waals surface area contributed by atoms with Crippen LogP contribution in [0.15, 0.2) is 94.4 Å². The van der Waals surface area contributed by atoms with Crippen LogP contribution >= 0.6 is 23.8 Å². The minimum absolute atomic E-state index is 0.00813. The number of halogens is 1. The molecular formula is C41H41ClN6O9S. The van der Waals surface area contributed by atoms with Gasteiger partial charge in [0.1, 0.15) is 35.0 Å². The lowest BCUT2D eigenvalue weighted by molar-refractivity contribution is -0.137. The number of alkyl carbamates (subject to hydrolysis) is 1. The van der Waals surface area contributed by atoms with Gasteiger partial charge in [0, 0.05) is 47.3 Å². The molecule has 0 spiro atoms. The molecule has 1 aliphatic rings. The summed E-state index contributed by atoms with van der Waals surface area (Å²) in [5.41, 5.74) is 2.90. The number of carbonyl (C=O) groups excluding carboxylic acids is 6. The SMILES string of the molecule is COc1ccc(/N=c2/ccc3cc(Cl)ccc3o2)cc1C(=S)NC(=O)OCc1ccc(NC(=O)[C@@H](C)NC(=O)[C@H](NC(=O)CCCN2C(=O)C=CC2=O)C(C)C)cc1. The maximum absolute atomic E-state index is 13.1. The van der Waals surface area contributed by atoms with Crippen molar-refractivity contribution < 1.29 is 42.7 Å². The Balaban J connectivity index is 1.08. The van der Waals surface area contributed by atoms with Crippen molar-refractivity contribution in [2.24, 2.45) is 10.9 Å². The van der Waals surface area contributed by atoms with E-state index in [1.54, 1.807) is 80.6 Å². The van der Waals surface area contributed by atoms with E-state index in [4.69, 9.17) is 37.7 Å². The molecule has 2 atom stereocenters. The summed E-state index contributed by atoms with van der Waals surface area (Å²) in [7, 11) is 1.48. The van der Waals surface area contributed by atoms with Crippen molar-refractivity contribution in [1.82, 2.24) is 20.9 Å². The average molecular weight is 829 g/mol. The highest BCUT2D eigenvalue weighted by Gasteiger charge is 2.28. The van der Waals surface area contributed by atoms with Gasteiger partial charge in [-0.25, -0.2) is 9.79 Å². The predicted molar refractivity (Wildman–Crippen MR) is 219 cm³/mol. The van der Waals surface area contributed by atoms with E-state index in [1.165, 1.54) is 26.2 Å². The Labute approximate surface area is 343 Å². The molecule has 302 valence electrons. The first-order valence-corrected chi connectivity index (χ1v) is 18.9. The van der Waals surface area contributed by atoms with Crippen molar-refractivity contribution >= 4 is 86.8 Å². The molecule has 1 aromatic heterocycles. The fraction of sp³-hybridized carbons (Fsp3) is 0.268. The zero-order chi connectivity index (χ0) is 41.9. The minimum Gasteiger partial charge on any atom is -0.496 e. The second kappa shape index (κ2) is 19.7. The third kappa shape index (κ3) is 11.6. The van der Waals surface area contributed by atoms with Gasteiger partial charge in [-0.15, -0.1) is 0 Å². The highest BCUT2D eigenvalue weighted by molar-refractivity contribution is 7.80. The first-order chi connectivity index (χ1) is 27.7. The van der Waals surface area contributed by atoms with Crippen LogP contribution in [0.5, 0.6) is 5.75 Å². The summed E-state index contributed by atoms with van der Waals surface area (Å²) in [5.74, 6) is -2.23. The van der Waals surface area contributed by atoms with Crippen molar-refractivity contribution in [1.29, 1.82) is 0 Å². The molecule has 0 bridgehead atoms. The first-order valence-electron chi connectivity index (χ1n) is 18.1. The summed E-state index contributed by atoms with van der Waals surface area (Å²) in [6, 6.07) is 18.5. The molecule has 0 saturated carbocycles. The van der Waals surface area contributed by atoms with Gasteiger partial charge in [0.15, 0.2) is 0 Å². The van der Waals surface area contributed by atoms with Crippen LogP contribution in [0.4, 0.5) is 16.2 Å². The Kier molecular flexibility index (Phi) is 14.5. The molecule has 6 amide bonds. The number of nitrogens with zero attached hydrogens (tertiary/aromatic N) is 2. The smallest absolute Gasteiger partial charge is 0.412 e. The van der Waals surface area contributed by atoms with E-state index in [9.17, 15) is 28.8 Å². The Morgan fingerprint density at radius 1 is 0.897 bits per heavy atom. The third-order valence-corrected chi connectivity index (χ3v) is 9.33. The number of anilines is 1. The van der Waals surface area contributed by atoms with Crippen LogP contribution in [0.2, 0.25) is 5.02 Å². The molecule has 0 fully saturated rings. The summed E-state index contributed by atoms with van der Waals surface area (Å²) < 4.78 is 16.7. The van der Waals surface area contributed by atoms with Crippen LogP contribution < -0.4 is 31.6 Å². The third-order valence-electron chi connectivity index (χ3n) is 8.77. The Hall–Kier alpha value is -6.39. The molecular weight excluding hydrogens is 788 g/mol. The van der Waals surface area contributed by atoms with Crippen LogP contribution in [0.25, 0.3) is 11.0 Å². The van der Waals surface area contributed by atoms with Crippen LogP contribution in [-0.4, -0.2) is 71.3 Å². The highest BCUT2D eigenvalue weighted by Crippen LogP contribution is 2.25. The van der Waals surface area contributed by atoms with Crippen LogP contribution in [0.1, 0.15) is 44.7 Å². The van der Waals surface area contributed by atoms with Crippen molar-refractivity contribution in [3.63, 3.8) is 0 Å². The number of rotatable bonds is 15. The number of thiocarbonyl (C=S) groups is 1. The summed E-state index contributed by atoms with van der Waals surface area (Å²) in [5, 5.41) is 12.0. The molecule has 15 nitrogen and oxygen atoms in total. The van der Waals surface area contributed by atoms with E-state index >= 15 is 0 Å². The summed E-state index contributed by atoms with van der Waals surface area (Å²) >= 11 is 11.6. The molecule has 0 radical (unpaired) electrons. The topological polar surface area (TPSA) is 198 Å². The number of amides is 6. The van der Waals surface area contributed by atoms with E-state index in [0.717, 1.165) is 10.3 Å². The zero-order valence-electron chi connectivity index (χ0n) is 32.0. The molecule has 5 rings (SSSR count). The molecule has 58 heavy (non-hydrogen) atoms. The zero-order valence-corrected chi connectivity index (χ0v) is 33.6. The number of hydrogen-bond donors (Lipinski definition) is 4. The Morgan fingerprint density at radius 3 is 2.31 bits per heavy atom. The number of nitrogens with one attached hydrogen (secondary N) is 4. The number of imide groups is 1. The van der Waals surface area contributed by atoms with E-state index in [-0.39, 0.29) is 36.9 Å². The van der Waals surface area contributed by atoms with E-state index in [1.807, 2.05) is 6.07 Å². The van der Waals surface area contributed by atoms with Gasteiger partial charge in [0.2, 0.25) is 23.3 Å². The molecule has 0 aliphatic carbocycles. The second-order valence-electron chi connectivity index (χ2n) is 13.5. The first kappa shape index (κ1) is 42.7. The van der Waals surface area contributed by atoms with Gasteiger partial charge in [0.05, 0.1) is 18.4 Å². The van der Waals surface area contributed by atoms with Crippen LogP contribution in [0, 0.1) is 5.92 Å². The maximum atomic E-state index is 13.1. The van der Waals surface area contributed by atoms with Gasteiger partial charge < -0.3 is 29.8 Å². The Morgan fingerprint density at radius 2 is 1.62 bits per heavy atom. The Bertz CT molecular complexity index is 2330. The molecule has 17 heteroatoms. The molecule has 0 unspecified atom stereocenters. The van der Waals surface area contributed by atoms with Gasteiger partial charge in [0.25, 0.3) is 11.8 Å². The fourth-order valence-electron chi connectivity index (χ4n) is 5.66. The van der Waals surface area contributed by atoms with Crippen LogP contribution in [-0.2, 0) is 35.3 Å². The van der Waals surface area contributed by atoms with Gasteiger partial charge in [-0.2, -0.15) is 0 Å². The van der Waals surface area contributed by atoms with Crippen molar-refractivity contribution in [3.05, 3.63) is 107 Å². The quantitative estimate of drug-likeness (QED) is 0.0911. The monoisotopic (exact) mass is 828 g/mol. The molecule has 4 N–H and O–H groups in total. The normalized spacial score (nSPS) is 13.6. The number of fused-ring (bicyclic) bond motifs is 1. The van der Waals surface area contributed by atoms with E-state index < -0.39 is 47.7 Å². The lowest BCUT2D eigenvalue weighted by atomic mass is 10.0. The second-order valence-corrected chi connectivity index (χ2v) is 14.3. The van der Waals surface area contributed by atoms with Gasteiger partial charge in [-0.1, -0.05) is 49.8 Å². The highest BCUT2D eigenvalue weighted by atomic mass is 35.5. The number of benzene rings is 3. The number of ether oxygens (including phenoxy) is 2. The largest absolute Gasteiger partial charge is 0.496 e. The molecule has 1 aliphatic heterocycles. The summed E-state index contributed by atoms with van der Waals surface area (Å²) in [6.07, 6.45) is 1.76. The average Bonchev–Trinajstić information content (AvgIpc) is 3.51. The number of methoxy groups -OCH3 is 1. The maximum Gasteiger partial charge on any atom is 0.412 e. The van der Waals surface area contributed by atoms with E-state index in [2.05, 4.69) is 26.3 Å². The van der Waals surface area contributed by atoms with Gasteiger partial charge in [-0.3, -0.25) is 34.2 Å². The molecule has 4 aromatic rings.